The molecule has 1 aliphatic rings. The van der Waals surface area contributed by atoms with Crippen LogP contribution in [-0.4, -0.2) is 15.1 Å². The van der Waals surface area contributed by atoms with E-state index in [4.69, 9.17) is 10.3 Å². The SMILES string of the molecule is NC1(c2noc(-c3cc[nH]c(=O)c3)n2)CCCC1. The zero-order valence-electron chi connectivity index (χ0n) is 9.85. The Kier molecular flexibility index (Phi) is 2.52. The van der Waals surface area contributed by atoms with Gasteiger partial charge in [-0.15, -0.1) is 0 Å². The van der Waals surface area contributed by atoms with E-state index in [0.29, 0.717) is 17.3 Å². The molecule has 1 saturated carbocycles. The van der Waals surface area contributed by atoms with Gasteiger partial charge in [-0.3, -0.25) is 4.79 Å². The van der Waals surface area contributed by atoms with Crippen LogP contribution in [0.5, 0.6) is 0 Å². The van der Waals surface area contributed by atoms with Crippen LogP contribution in [0.1, 0.15) is 31.5 Å². The molecular weight excluding hydrogens is 232 g/mol. The van der Waals surface area contributed by atoms with Gasteiger partial charge in [-0.25, -0.2) is 0 Å². The van der Waals surface area contributed by atoms with Crippen molar-refractivity contribution in [2.24, 2.45) is 5.73 Å². The Morgan fingerprint density at radius 2 is 2.17 bits per heavy atom. The summed E-state index contributed by atoms with van der Waals surface area (Å²) < 4.78 is 5.19. The Morgan fingerprint density at radius 1 is 1.39 bits per heavy atom. The van der Waals surface area contributed by atoms with E-state index in [1.807, 2.05) is 0 Å². The first-order chi connectivity index (χ1) is 8.67. The summed E-state index contributed by atoms with van der Waals surface area (Å²) in [5, 5.41) is 3.95. The van der Waals surface area contributed by atoms with Crippen LogP contribution >= 0.6 is 0 Å². The summed E-state index contributed by atoms with van der Waals surface area (Å²) in [5.41, 5.74) is 6.19. The summed E-state index contributed by atoms with van der Waals surface area (Å²) in [6.45, 7) is 0. The molecule has 2 heterocycles. The van der Waals surface area contributed by atoms with Gasteiger partial charge in [0.15, 0.2) is 5.82 Å². The second kappa shape index (κ2) is 4.06. The summed E-state index contributed by atoms with van der Waals surface area (Å²) in [4.78, 5) is 18.1. The lowest BCUT2D eigenvalue weighted by Gasteiger charge is -2.17. The summed E-state index contributed by atoms with van der Waals surface area (Å²) >= 11 is 0. The van der Waals surface area contributed by atoms with Crippen LogP contribution in [0.3, 0.4) is 0 Å². The monoisotopic (exact) mass is 246 g/mol. The van der Waals surface area contributed by atoms with Crippen molar-refractivity contribution in [1.29, 1.82) is 0 Å². The molecule has 0 amide bonds. The summed E-state index contributed by atoms with van der Waals surface area (Å²) in [6.07, 6.45) is 5.48. The number of aromatic amines is 1. The van der Waals surface area contributed by atoms with E-state index in [2.05, 4.69) is 15.1 Å². The number of rotatable bonds is 2. The normalized spacial score (nSPS) is 18.1. The highest BCUT2D eigenvalue weighted by Crippen LogP contribution is 2.35. The van der Waals surface area contributed by atoms with E-state index in [9.17, 15) is 4.79 Å². The fraction of sp³-hybridized carbons (Fsp3) is 0.417. The maximum atomic E-state index is 11.2. The van der Waals surface area contributed by atoms with Crippen molar-refractivity contribution in [1.82, 2.24) is 15.1 Å². The minimum atomic E-state index is -0.469. The third kappa shape index (κ3) is 1.84. The topological polar surface area (TPSA) is 97.8 Å². The Balaban J connectivity index is 1.96. The Morgan fingerprint density at radius 3 is 2.89 bits per heavy atom. The first-order valence-electron chi connectivity index (χ1n) is 6.00. The number of H-pyrrole nitrogens is 1. The molecule has 6 heteroatoms. The highest BCUT2D eigenvalue weighted by Gasteiger charge is 2.36. The van der Waals surface area contributed by atoms with Gasteiger partial charge >= 0.3 is 0 Å². The van der Waals surface area contributed by atoms with Gasteiger partial charge in [0.1, 0.15) is 0 Å². The molecule has 2 aromatic rings. The number of nitrogens with one attached hydrogen (secondary N) is 1. The minimum Gasteiger partial charge on any atom is -0.334 e. The van der Waals surface area contributed by atoms with Crippen molar-refractivity contribution in [3.8, 4) is 11.5 Å². The quantitative estimate of drug-likeness (QED) is 0.828. The molecule has 6 nitrogen and oxygen atoms in total. The summed E-state index contributed by atoms with van der Waals surface area (Å²) in [6, 6.07) is 3.14. The fourth-order valence-corrected chi connectivity index (χ4v) is 2.35. The van der Waals surface area contributed by atoms with E-state index in [1.165, 1.54) is 6.07 Å². The molecule has 2 aromatic heterocycles. The molecule has 3 rings (SSSR count). The van der Waals surface area contributed by atoms with E-state index in [-0.39, 0.29) is 5.56 Å². The largest absolute Gasteiger partial charge is 0.334 e. The molecule has 94 valence electrons. The zero-order valence-corrected chi connectivity index (χ0v) is 9.85. The van der Waals surface area contributed by atoms with Crippen LogP contribution < -0.4 is 11.3 Å². The van der Waals surface area contributed by atoms with Gasteiger partial charge in [0.2, 0.25) is 5.56 Å². The molecule has 0 spiro atoms. The van der Waals surface area contributed by atoms with Crippen LogP contribution in [0.4, 0.5) is 0 Å². The third-order valence-electron chi connectivity index (χ3n) is 3.39. The smallest absolute Gasteiger partial charge is 0.258 e. The van der Waals surface area contributed by atoms with Gasteiger partial charge in [0, 0.05) is 17.8 Å². The lowest BCUT2D eigenvalue weighted by atomic mass is 9.99. The number of hydrogen-bond acceptors (Lipinski definition) is 5. The van der Waals surface area contributed by atoms with Gasteiger partial charge in [-0.1, -0.05) is 18.0 Å². The van der Waals surface area contributed by atoms with Crippen molar-refractivity contribution < 1.29 is 4.52 Å². The first kappa shape index (κ1) is 11.2. The Bertz CT molecular complexity index is 610. The van der Waals surface area contributed by atoms with Crippen LogP contribution in [0, 0.1) is 0 Å². The summed E-state index contributed by atoms with van der Waals surface area (Å²) in [5.74, 6) is 0.878. The van der Waals surface area contributed by atoms with Crippen LogP contribution in [0.25, 0.3) is 11.5 Å². The second-order valence-electron chi connectivity index (χ2n) is 4.73. The van der Waals surface area contributed by atoms with Gasteiger partial charge in [-0.2, -0.15) is 4.98 Å². The molecule has 0 aromatic carbocycles. The van der Waals surface area contributed by atoms with E-state index < -0.39 is 5.54 Å². The van der Waals surface area contributed by atoms with Crippen molar-refractivity contribution in [3.63, 3.8) is 0 Å². The molecule has 0 aliphatic heterocycles. The lowest BCUT2D eigenvalue weighted by molar-refractivity contribution is 0.372. The molecule has 3 N–H and O–H groups in total. The van der Waals surface area contributed by atoms with Crippen molar-refractivity contribution in [2.75, 3.05) is 0 Å². The molecule has 0 saturated heterocycles. The second-order valence-corrected chi connectivity index (χ2v) is 4.73. The Labute approximate surface area is 103 Å². The number of nitrogens with two attached hydrogens (primary N) is 1. The molecule has 0 radical (unpaired) electrons. The highest BCUT2D eigenvalue weighted by atomic mass is 16.5. The van der Waals surface area contributed by atoms with E-state index >= 15 is 0 Å². The zero-order chi connectivity index (χ0) is 12.6. The maximum absolute atomic E-state index is 11.2. The lowest BCUT2D eigenvalue weighted by Crippen LogP contribution is -2.34. The molecule has 1 fully saturated rings. The number of hydrogen-bond donors (Lipinski definition) is 2. The van der Waals surface area contributed by atoms with Gasteiger partial charge in [0.25, 0.3) is 5.89 Å². The predicted octanol–water partition coefficient (Wildman–Crippen LogP) is 1.15. The van der Waals surface area contributed by atoms with Crippen molar-refractivity contribution in [3.05, 3.63) is 34.5 Å². The van der Waals surface area contributed by atoms with E-state index in [0.717, 1.165) is 25.7 Å². The highest BCUT2D eigenvalue weighted by molar-refractivity contribution is 5.51. The number of aromatic nitrogens is 3. The average Bonchev–Trinajstić information content (AvgIpc) is 2.98. The molecule has 0 unspecified atom stereocenters. The summed E-state index contributed by atoms with van der Waals surface area (Å²) in [7, 11) is 0. The molecule has 0 atom stereocenters. The van der Waals surface area contributed by atoms with Gasteiger partial charge < -0.3 is 15.2 Å². The molecule has 0 bridgehead atoms. The Hall–Kier alpha value is -1.95. The third-order valence-corrected chi connectivity index (χ3v) is 3.39. The first-order valence-corrected chi connectivity index (χ1v) is 6.00. The van der Waals surface area contributed by atoms with Gasteiger partial charge in [-0.05, 0) is 18.9 Å². The average molecular weight is 246 g/mol. The number of pyridine rings is 1. The minimum absolute atomic E-state index is 0.199. The molecular formula is C12H14N4O2. The number of nitrogens with zero attached hydrogens (tertiary/aromatic N) is 2. The fourth-order valence-electron chi connectivity index (χ4n) is 2.35. The standard InChI is InChI=1S/C12H14N4O2/c13-12(4-1-2-5-12)11-15-10(18-16-11)8-3-6-14-9(17)7-8/h3,6-7H,1-2,4-5,13H2,(H,14,17). The van der Waals surface area contributed by atoms with Crippen LogP contribution in [0.15, 0.2) is 27.6 Å². The van der Waals surface area contributed by atoms with Crippen LogP contribution in [-0.2, 0) is 5.54 Å². The van der Waals surface area contributed by atoms with Crippen molar-refractivity contribution >= 4 is 0 Å². The van der Waals surface area contributed by atoms with Crippen molar-refractivity contribution in [2.45, 2.75) is 31.2 Å². The van der Waals surface area contributed by atoms with Crippen LogP contribution in [0.2, 0.25) is 0 Å². The van der Waals surface area contributed by atoms with E-state index in [1.54, 1.807) is 12.3 Å². The molecule has 18 heavy (non-hydrogen) atoms. The maximum Gasteiger partial charge on any atom is 0.258 e. The van der Waals surface area contributed by atoms with Gasteiger partial charge in [0.05, 0.1) is 5.54 Å². The predicted molar refractivity (Wildman–Crippen MR) is 64.7 cm³/mol. The molecule has 1 aliphatic carbocycles.